The second-order valence-electron chi connectivity index (χ2n) is 7.22. The van der Waals surface area contributed by atoms with Crippen LogP contribution >= 0.6 is 0 Å². The number of hydrogen-bond acceptors (Lipinski definition) is 4. The molecule has 0 heterocycles. The van der Waals surface area contributed by atoms with Crippen LogP contribution in [0.3, 0.4) is 0 Å². The first-order valence-electron chi connectivity index (χ1n) is 10.4. The van der Waals surface area contributed by atoms with Gasteiger partial charge in [-0.05, 0) is 0 Å². The van der Waals surface area contributed by atoms with E-state index in [2.05, 4.69) is 36.4 Å². The molecule has 0 amide bonds. The molecule has 0 aliphatic rings. The summed E-state index contributed by atoms with van der Waals surface area (Å²) in [6.45, 7) is -0.169. The van der Waals surface area contributed by atoms with Crippen molar-refractivity contribution in [3.63, 3.8) is 0 Å². The van der Waals surface area contributed by atoms with E-state index in [9.17, 15) is 4.79 Å². The van der Waals surface area contributed by atoms with E-state index in [1.54, 1.807) is 31.4 Å². The maximum absolute atomic E-state index is 13.2. The summed E-state index contributed by atoms with van der Waals surface area (Å²) in [7, 11) is 1.61. The molecule has 0 N–H and O–H groups in total. The third-order valence-corrected chi connectivity index (χ3v) is 16.6. The van der Waals surface area contributed by atoms with E-state index in [1.807, 2.05) is 54.6 Å². The fraction of sp³-hybridized carbons (Fsp3) is 0.0741. The quantitative estimate of drug-likeness (QED) is 0.328. The van der Waals surface area contributed by atoms with Crippen molar-refractivity contribution in [3.8, 4) is 11.5 Å². The van der Waals surface area contributed by atoms with Crippen LogP contribution in [0.25, 0.3) is 0 Å². The Morgan fingerprint density at radius 1 is 0.625 bits per heavy atom. The van der Waals surface area contributed by atoms with Crippen molar-refractivity contribution in [2.24, 2.45) is 0 Å². The van der Waals surface area contributed by atoms with Crippen LogP contribution in [0.4, 0.5) is 0 Å². The summed E-state index contributed by atoms with van der Waals surface area (Å²) < 4.78 is 20.6. The van der Waals surface area contributed by atoms with Gasteiger partial charge in [0.1, 0.15) is 0 Å². The Kier molecular flexibility index (Phi) is 7.12. The monoisotopic (exact) mass is 532 g/mol. The van der Waals surface area contributed by atoms with Gasteiger partial charge in [0.15, 0.2) is 0 Å². The molecule has 0 atom stereocenters. The van der Waals surface area contributed by atoms with Crippen LogP contribution in [0, 0.1) is 0 Å². The standard InChI is InChI=1S/C9H10O4.3C6H5.Sn/c1-12-7-2-4-8(5-3-7)13-6-9(10)11;3*1-2-4-6-5-3-1;/h2-5H,6H2,1H3,(H,10,11);3*1-5H;/q;;;;+1/p-1. The summed E-state index contributed by atoms with van der Waals surface area (Å²) in [5, 5.41) is 0. The fourth-order valence-electron chi connectivity index (χ4n) is 3.71. The summed E-state index contributed by atoms with van der Waals surface area (Å²) in [6, 6.07) is 37.4. The molecule has 5 heteroatoms. The van der Waals surface area contributed by atoms with Crippen LogP contribution in [0.15, 0.2) is 115 Å². The molecule has 0 spiro atoms. The van der Waals surface area contributed by atoms with Gasteiger partial charge in [0, 0.05) is 0 Å². The van der Waals surface area contributed by atoms with Gasteiger partial charge < -0.3 is 0 Å². The van der Waals surface area contributed by atoms with Crippen LogP contribution < -0.4 is 20.2 Å². The molecule has 4 rings (SSSR count). The van der Waals surface area contributed by atoms with E-state index in [0.717, 1.165) is 16.5 Å². The van der Waals surface area contributed by atoms with Crippen molar-refractivity contribution in [2.75, 3.05) is 13.7 Å². The van der Waals surface area contributed by atoms with Gasteiger partial charge in [-0.3, -0.25) is 0 Å². The van der Waals surface area contributed by atoms with E-state index in [4.69, 9.17) is 12.5 Å². The first-order chi connectivity index (χ1) is 15.7. The number of methoxy groups -OCH3 is 1. The average Bonchev–Trinajstić information content (AvgIpc) is 2.88. The van der Waals surface area contributed by atoms with Crippen LogP contribution in [0.1, 0.15) is 0 Å². The number of carbonyl (C=O) groups is 1. The average molecular weight is 531 g/mol. The van der Waals surface area contributed by atoms with Crippen molar-refractivity contribution >= 4 is 35.5 Å². The van der Waals surface area contributed by atoms with Crippen LogP contribution in [-0.4, -0.2) is 38.5 Å². The van der Waals surface area contributed by atoms with Gasteiger partial charge in [-0.15, -0.1) is 0 Å². The molecule has 0 aliphatic heterocycles. The second kappa shape index (κ2) is 10.4. The van der Waals surface area contributed by atoms with E-state index < -0.39 is 18.8 Å². The summed E-state index contributed by atoms with van der Waals surface area (Å²) >= 11 is -4.10. The zero-order valence-electron chi connectivity index (χ0n) is 17.8. The van der Waals surface area contributed by atoms with Gasteiger partial charge in [0.2, 0.25) is 0 Å². The van der Waals surface area contributed by atoms with Crippen molar-refractivity contribution in [2.45, 2.75) is 0 Å². The van der Waals surface area contributed by atoms with Crippen LogP contribution in [0.5, 0.6) is 11.5 Å². The van der Waals surface area contributed by atoms with Gasteiger partial charge in [-0.25, -0.2) is 0 Å². The number of carbonyl (C=O) groups excluding carboxylic acids is 1. The van der Waals surface area contributed by atoms with Gasteiger partial charge in [0.05, 0.1) is 0 Å². The summed E-state index contributed by atoms with van der Waals surface area (Å²) in [6.07, 6.45) is 0. The number of benzene rings is 4. The summed E-state index contributed by atoms with van der Waals surface area (Å²) in [5.41, 5.74) is 0. The van der Waals surface area contributed by atoms with Gasteiger partial charge in [-0.1, -0.05) is 0 Å². The molecule has 4 nitrogen and oxygen atoms in total. The van der Waals surface area contributed by atoms with Gasteiger partial charge in [-0.2, -0.15) is 0 Å². The van der Waals surface area contributed by atoms with Crippen LogP contribution in [-0.2, 0) is 7.87 Å². The van der Waals surface area contributed by atoms with E-state index in [0.29, 0.717) is 5.75 Å². The second-order valence-corrected chi connectivity index (χ2v) is 16.6. The minimum absolute atomic E-state index is 0.169. The molecule has 4 aromatic carbocycles. The molecule has 0 saturated heterocycles. The van der Waals surface area contributed by atoms with Gasteiger partial charge in [0.25, 0.3) is 0 Å². The first kappa shape index (κ1) is 22.0. The van der Waals surface area contributed by atoms with Gasteiger partial charge >= 0.3 is 193 Å². The number of hydrogen-bond donors (Lipinski definition) is 0. The molecule has 0 radical (unpaired) electrons. The first-order valence-corrected chi connectivity index (χ1v) is 15.8. The maximum atomic E-state index is 13.2. The predicted octanol–water partition coefficient (Wildman–Crippen LogP) is 3.28. The number of ether oxygens (including phenoxy) is 2. The van der Waals surface area contributed by atoms with Crippen LogP contribution in [0.2, 0.25) is 0 Å². The molecule has 0 aromatic heterocycles. The molecule has 32 heavy (non-hydrogen) atoms. The fourth-order valence-corrected chi connectivity index (χ4v) is 14.4. The van der Waals surface area contributed by atoms with E-state index in [-0.39, 0.29) is 12.6 Å². The summed E-state index contributed by atoms with van der Waals surface area (Å²) in [4.78, 5) is 13.2. The Morgan fingerprint density at radius 2 is 1.03 bits per heavy atom. The molecule has 4 aromatic rings. The Labute approximate surface area is 192 Å². The molecular weight excluding hydrogens is 507 g/mol. The molecule has 0 bridgehead atoms. The molecular formula is C27H24O4Sn. The molecule has 0 aliphatic carbocycles. The molecule has 0 fully saturated rings. The Morgan fingerprint density at radius 3 is 1.44 bits per heavy atom. The predicted molar refractivity (Wildman–Crippen MR) is 129 cm³/mol. The molecule has 0 saturated carbocycles. The summed E-state index contributed by atoms with van der Waals surface area (Å²) in [5.74, 6) is 0.934. The normalized spacial score (nSPS) is 10.9. The third-order valence-electron chi connectivity index (χ3n) is 5.22. The minimum atomic E-state index is -4.10. The SMILES string of the molecule is COc1ccc(OCC(=O)[O][Sn]([c]2ccccc2)([c]2ccccc2)[c]2ccccc2)cc1. The van der Waals surface area contributed by atoms with E-state index in [1.165, 1.54) is 0 Å². The van der Waals surface area contributed by atoms with Crippen molar-refractivity contribution in [1.82, 2.24) is 0 Å². The Bertz CT molecular complexity index is 1030. The van der Waals surface area contributed by atoms with E-state index >= 15 is 0 Å². The molecule has 160 valence electrons. The number of rotatable bonds is 8. The van der Waals surface area contributed by atoms with Crippen molar-refractivity contribution in [1.29, 1.82) is 0 Å². The molecule has 0 unspecified atom stereocenters. The van der Waals surface area contributed by atoms with Crippen molar-refractivity contribution in [3.05, 3.63) is 115 Å². The Hall–Kier alpha value is -3.25. The Balaban J connectivity index is 1.69. The third kappa shape index (κ3) is 4.81. The zero-order valence-corrected chi connectivity index (χ0v) is 20.7. The zero-order chi connectivity index (χ0) is 22.2. The topological polar surface area (TPSA) is 44.8 Å². The van der Waals surface area contributed by atoms with Crippen molar-refractivity contribution < 1.29 is 17.3 Å².